The zero-order valence-corrected chi connectivity index (χ0v) is 17.0. The second kappa shape index (κ2) is 19.1. The summed E-state index contributed by atoms with van der Waals surface area (Å²) < 4.78 is 5.28. The van der Waals surface area contributed by atoms with Crippen molar-refractivity contribution >= 4 is 17.7 Å². The molecular weight excluding hydrogens is 318 g/mol. The second-order valence-electron chi connectivity index (χ2n) is 6.88. The highest BCUT2D eigenvalue weighted by Crippen LogP contribution is 2.11. The van der Waals surface area contributed by atoms with Gasteiger partial charge < -0.3 is 10.5 Å². The smallest absolute Gasteiger partial charge is 0.306 e. The van der Waals surface area contributed by atoms with Gasteiger partial charge in [-0.15, -0.1) is 0 Å². The number of esters is 1. The molecule has 0 aliphatic carbocycles. The second-order valence-corrected chi connectivity index (χ2v) is 8.11. The summed E-state index contributed by atoms with van der Waals surface area (Å²) >= 11 is 1.79. The summed E-state index contributed by atoms with van der Waals surface area (Å²) in [5, 5.41) is 0. The maximum atomic E-state index is 11.6. The van der Waals surface area contributed by atoms with E-state index in [0.717, 1.165) is 24.3 Å². The molecule has 0 aromatic rings. The Balaban J connectivity index is 3.14. The molecule has 0 saturated heterocycles. The van der Waals surface area contributed by atoms with Gasteiger partial charge in [-0.1, -0.05) is 71.1 Å². The Morgan fingerprint density at radius 3 is 2.00 bits per heavy atom. The molecule has 24 heavy (non-hydrogen) atoms. The molecule has 0 saturated carbocycles. The molecule has 0 heterocycles. The summed E-state index contributed by atoms with van der Waals surface area (Å²) in [5.41, 5.74) is 5.69. The fourth-order valence-corrected chi connectivity index (χ4v) is 3.60. The lowest BCUT2D eigenvalue weighted by Gasteiger charge is -2.06. The summed E-state index contributed by atoms with van der Waals surface area (Å²) in [5.74, 6) is 1.84. The number of hydrogen-bond acceptors (Lipinski definition) is 4. The zero-order valence-electron chi connectivity index (χ0n) is 16.2. The van der Waals surface area contributed by atoms with Gasteiger partial charge in [0.2, 0.25) is 0 Å². The lowest BCUT2D eigenvalue weighted by Crippen LogP contribution is -2.15. The SMILES string of the molecule is CCCCCCCCCCCCCOC(=O)CCSCCC(C)N. The maximum absolute atomic E-state index is 11.6. The number of ether oxygens (including phenoxy) is 1. The fraction of sp³-hybridized carbons (Fsp3) is 0.950. The van der Waals surface area contributed by atoms with Gasteiger partial charge >= 0.3 is 5.97 Å². The van der Waals surface area contributed by atoms with Crippen molar-refractivity contribution in [1.82, 2.24) is 0 Å². The number of carbonyl (C=O) groups excluding carboxylic acids is 1. The fourth-order valence-electron chi connectivity index (χ4n) is 2.55. The average molecular weight is 360 g/mol. The molecule has 0 aliphatic rings. The molecule has 2 N–H and O–H groups in total. The van der Waals surface area contributed by atoms with E-state index in [1.165, 1.54) is 64.2 Å². The van der Waals surface area contributed by atoms with Crippen LogP contribution >= 0.6 is 11.8 Å². The molecule has 1 atom stereocenters. The van der Waals surface area contributed by atoms with Crippen LogP contribution in [0.25, 0.3) is 0 Å². The lowest BCUT2D eigenvalue weighted by molar-refractivity contribution is -0.143. The molecule has 0 rings (SSSR count). The van der Waals surface area contributed by atoms with Crippen LogP contribution in [0.4, 0.5) is 0 Å². The van der Waals surface area contributed by atoms with Crippen LogP contribution in [0.5, 0.6) is 0 Å². The normalized spacial score (nSPS) is 12.3. The zero-order chi connectivity index (χ0) is 17.9. The van der Waals surface area contributed by atoms with Crippen LogP contribution < -0.4 is 5.73 Å². The highest BCUT2D eigenvalue weighted by Gasteiger charge is 2.03. The van der Waals surface area contributed by atoms with E-state index >= 15 is 0 Å². The molecule has 3 nitrogen and oxygen atoms in total. The van der Waals surface area contributed by atoms with E-state index < -0.39 is 0 Å². The third-order valence-corrected chi connectivity index (χ3v) is 5.20. The minimum absolute atomic E-state index is 0.0459. The number of nitrogens with two attached hydrogens (primary N) is 1. The third-order valence-electron chi connectivity index (χ3n) is 4.18. The van der Waals surface area contributed by atoms with Crippen molar-refractivity contribution in [2.45, 2.75) is 103 Å². The van der Waals surface area contributed by atoms with Crippen molar-refractivity contribution in [2.75, 3.05) is 18.1 Å². The van der Waals surface area contributed by atoms with Crippen LogP contribution in [0.1, 0.15) is 97.3 Å². The maximum Gasteiger partial charge on any atom is 0.306 e. The number of rotatable bonds is 18. The van der Waals surface area contributed by atoms with E-state index in [1.807, 2.05) is 6.92 Å². The Hall–Kier alpha value is -0.220. The minimum Gasteiger partial charge on any atom is -0.466 e. The predicted molar refractivity (Wildman–Crippen MR) is 108 cm³/mol. The van der Waals surface area contributed by atoms with Crippen LogP contribution in [0.3, 0.4) is 0 Å². The van der Waals surface area contributed by atoms with Crippen molar-refractivity contribution in [3.8, 4) is 0 Å². The Morgan fingerprint density at radius 2 is 1.46 bits per heavy atom. The van der Waals surface area contributed by atoms with Crippen molar-refractivity contribution in [2.24, 2.45) is 5.73 Å². The van der Waals surface area contributed by atoms with Crippen LogP contribution in [-0.2, 0) is 9.53 Å². The molecule has 0 aliphatic heterocycles. The standard InChI is InChI=1S/C20H41NO2S/c1-3-4-5-6-7-8-9-10-11-12-13-16-23-20(22)15-18-24-17-14-19(2)21/h19H,3-18,21H2,1-2H3. The topological polar surface area (TPSA) is 52.3 Å². The highest BCUT2D eigenvalue weighted by molar-refractivity contribution is 7.99. The largest absolute Gasteiger partial charge is 0.466 e. The Morgan fingerprint density at radius 1 is 0.917 bits per heavy atom. The summed E-state index contributed by atoms with van der Waals surface area (Å²) in [7, 11) is 0. The average Bonchev–Trinajstić information content (AvgIpc) is 2.55. The summed E-state index contributed by atoms with van der Waals surface area (Å²) in [6.45, 7) is 4.88. The van der Waals surface area contributed by atoms with Crippen LogP contribution in [0.15, 0.2) is 0 Å². The van der Waals surface area contributed by atoms with Gasteiger partial charge in [-0.25, -0.2) is 0 Å². The summed E-state index contributed by atoms with van der Waals surface area (Å²) in [4.78, 5) is 11.6. The van der Waals surface area contributed by atoms with Crippen molar-refractivity contribution in [3.63, 3.8) is 0 Å². The molecule has 0 radical (unpaired) electrons. The van der Waals surface area contributed by atoms with Crippen molar-refractivity contribution in [3.05, 3.63) is 0 Å². The van der Waals surface area contributed by atoms with E-state index in [-0.39, 0.29) is 12.0 Å². The summed E-state index contributed by atoms with van der Waals surface area (Å²) in [6.07, 6.45) is 16.1. The molecule has 0 aromatic carbocycles. The summed E-state index contributed by atoms with van der Waals surface area (Å²) in [6, 6.07) is 0.255. The molecule has 0 fully saturated rings. The van der Waals surface area contributed by atoms with Crippen LogP contribution in [-0.4, -0.2) is 30.1 Å². The number of hydrogen-bond donors (Lipinski definition) is 1. The molecule has 0 bridgehead atoms. The van der Waals surface area contributed by atoms with E-state index in [2.05, 4.69) is 6.92 Å². The first-order valence-electron chi connectivity index (χ1n) is 10.2. The Labute approximate surface area is 154 Å². The van der Waals surface area contributed by atoms with Crippen molar-refractivity contribution in [1.29, 1.82) is 0 Å². The molecule has 4 heteroatoms. The molecule has 0 amide bonds. The first kappa shape index (κ1) is 23.8. The van der Waals surface area contributed by atoms with Gasteiger partial charge in [-0.05, 0) is 25.5 Å². The first-order chi connectivity index (χ1) is 11.7. The van der Waals surface area contributed by atoms with E-state index in [4.69, 9.17) is 10.5 Å². The van der Waals surface area contributed by atoms with Gasteiger partial charge in [0.1, 0.15) is 0 Å². The molecule has 0 aromatic heterocycles. The monoisotopic (exact) mass is 359 g/mol. The number of thioether (sulfide) groups is 1. The molecule has 144 valence electrons. The minimum atomic E-state index is -0.0459. The Bertz CT molecular complexity index is 272. The highest BCUT2D eigenvalue weighted by atomic mass is 32.2. The van der Waals surface area contributed by atoms with Crippen LogP contribution in [0.2, 0.25) is 0 Å². The van der Waals surface area contributed by atoms with Gasteiger partial charge in [-0.3, -0.25) is 4.79 Å². The number of unbranched alkanes of at least 4 members (excludes halogenated alkanes) is 10. The van der Waals surface area contributed by atoms with E-state index in [1.54, 1.807) is 11.8 Å². The van der Waals surface area contributed by atoms with Crippen LogP contribution in [0, 0.1) is 0 Å². The molecule has 1 unspecified atom stereocenters. The van der Waals surface area contributed by atoms with Gasteiger partial charge in [-0.2, -0.15) is 11.8 Å². The lowest BCUT2D eigenvalue weighted by atomic mass is 10.1. The van der Waals surface area contributed by atoms with E-state index in [9.17, 15) is 4.79 Å². The van der Waals surface area contributed by atoms with Gasteiger partial charge in [0.05, 0.1) is 13.0 Å². The van der Waals surface area contributed by atoms with Crippen molar-refractivity contribution < 1.29 is 9.53 Å². The molecule has 0 spiro atoms. The quantitative estimate of drug-likeness (QED) is 0.252. The predicted octanol–water partition coefficient (Wildman–Crippen LogP) is 5.70. The third kappa shape index (κ3) is 19.8. The van der Waals surface area contributed by atoms with E-state index in [0.29, 0.717) is 13.0 Å². The first-order valence-corrected chi connectivity index (χ1v) is 11.3. The number of carbonyl (C=O) groups is 1. The molecular formula is C20H41NO2S. The van der Waals surface area contributed by atoms with Gasteiger partial charge in [0.15, 0.2) is 0 Å². The van der Waals surface area contributed by atoms with Gasteiger partial charge in [0.25, 0.3) is 0 Å². The van der Waals surface area contributed by atoms with Gasteiger partial charge in [0, 0.05) is 11.8 Å². The Kier molecular flexibility index (Phi) is 18.9.